The lowest BCUT2D eigenvalue weighted by Gasteiger charge is -1.98. The number of hydrogen-bond acceptors (Lipinski definition) is 3. The summed E-state index contributed by atoms with van der Waals surface area (Å²) in [7, 11) is 0. The molecule has 0 aliphatic carbocycles. The van der Waals surface area contributed by atoms with E-state index in [2.05, 4.69) is 0 Å². The van der Waals surface area contributed by atoms with Gasteiger partial charge < -0.3 is 16.9 Å². The standard InChI is InChI=1S/C7H9N3.2C2H6/c8-4-5-3-6(9)1-2-7(5)10;2*1-2/h1-4,8H,9-10H2;2*1-2H3. The number of nitrogens with two attached hydrogens (primary N) is 2. The van der Waals surface area contributed by atoms with E-state index in [4.69, 9.17) is 16.9 Å². The molecular formula is C11H21N3. The summed E-state index contributed by atoms with van der Waals surface area (Å²) >= 11 is 0. The molecule has 0 unspecified atom stereocenters. The summed E-state index contributed by atoms with van der Waals surface area (Å²) in [5.74, 6) is 0. The zero-order valence-corrected chi connectivity index (χ0v) is 9.46. The minimum atomic E-state index is 0.587. The Morgan fingerprint density at radius 1 is 1.07 bits per heavy atom. The monoisotopic (exact) mass is 195 g/mol. The maximum Gasteiger partial charge on any atom is 0.0404 e. The van der Waals surface area contributed by atoms with Crippen molar-refractivity contribution in [3.05, 3.63) is 23.8 Å². The number of anilines is 2. The van der Waals surface area contributed by atoms with Crippen molar-refractivity contribution in [2.24, 2.45) is 0 Å². The molecule has 14 heavy (non-hydrogen) atoms. The van der Waals surface area contributed by atoms with Crippen LogP contribution in [0.1, 0.15) is 33.3 Å². The molecule has 0 radical (unpaired) electrons. The van der Waals surface area contributed by atoms with Crippen LogP contribution in [0.3, 0.4) is 0 Å². The predicted octanol–water partition coefficient (Wildman–Crippen LogP) is 2.90. The predicted molar refractivity (Wildman–Crippen MR) is 65.8 cm³/mol. The topological polar surface area (TPSA) is 75.9 Å². The molecule has 0 spiro atoms. The third-order valence-electron chi connectivity index (χ3n) is 1.27. The molecule has 0 aliphatic rings. The van der Waals surface area contributed by atoms with Crippen molar-refractivity contribution < 1.29 is 0 Å². The van der Waals surface area contributed by atoms with Crippen molar-refractivity contribution in [3.8, 4) is 0 Å². The van der Waals surface area contributed by atoms with Crippen molar-refractivity contribution in [1.82, 2.24) is 0 Å². The lowest BCUT2D eigenvalue weighted by atomic mass is 10.2. The van der Waals surface area contributed by atoms with Gasteiger partial charge in [0.05, 0.1) is 0 Å². The molecule has 0 aliphatic heterocycles. The van der Waals surface area contributed by atoms with Crippen molar-refractivity contribution >= 4 is 17.6 Å². The SMILES string of the molecule is CC.CC.N=Cc1cc(N)ccc1N. The van der Waals surface area contributed by atoms with Gasteiger partial charge in [0.25, 0.3) is 0 Å². The number of hydrogen-bond donors (Lipinski definition) is 3. The van der Waals surface area contributed by atoms with Crippen molar-refractivity contribution in [1.29, 1.82) is 5.41 Å². The average Bonchev–Trinajstić information content (AvgIpc) is 2.27. The third-order valence-corrected chi connectivity index (χ3v) is 1.27. The second-order valence-electron chi connectivity index (χ2n) is 2.03. The van der Waals surface area contributed by atoms with Gasteiger partial charge in [-0.25, -0.2) is 0 Å². The average molecular weight is 195 g/mol. The maximum absolute atomic E-state index is 6.92. The number of rotatable bonds is 1. The molecule has 0 bridgehead atoms. The molecule has 1 rings (SSSR count). The smallest absolute Gasteiger partial charge is 0.0404 e. The van der Waals surface area contributed by atoms with E-state index in [9.17, 15) is 0 Å². The molecule has 0 saturated carbocycles. The van der Waals surface area contributed by atoms with Gasteiger partial charge in [-0.05, 0) is 18.2 Å². The largest absolute Gasteiger partial charge is 0.399 e. The Morgan fingerprint density at radius 3 is 1.93 bits per heavy atom. The van der Waals surface area contributed by atoms with Gasteiger partial charge in [-0.3, -0.25) is 0 Å². The van der Waals surface area contributed by atoms with Gasteiger partial charge >= 0.3 is 0 Å². The van der Waals surface area contributed by atoms with Gasteiger partial charge in [0.2, 0.25) is 0 Å². The van der Waals surface area contributed by atoms with E-state index < -0.39 is 0 Å². The van der Waals surface area contributed by atoms with E-state index in [0.717, 1.165) is 0 Å². The highest BCUT2D eigenvalue weighted by atomic mass is 14.6. The van der Waals surface area contributed by atoms with Crippen molar-refractivity contribution in [2.45, 2.75) is 27.7 Å². The fourth-order valence-electron chi connectivity index (χ4n) is 0.718. The first-order chi connectivity index (χ1) is 6.74. The molecule has 3 heteroatoms. The van der Waals surface area contributed by atoms with Crippen molar-refractivity contribution in [3.63, 3.8) is 0 Å². The Bertz CT molecular complexity index is 257. The van der Waals surface area contributed by atoms with E-state index in [0.29, 0.717) is 16.9 Å². The van der Waals surface area contributed by atoms with Crippen LogP contribution in [-0.4, -0.2) is 6.21 Å². The van der Waals surface area contributed by atoms with Crippen LogP contribution >= 0.6 is 0 Å². The highest BCUT2D eigenvalue weighted by Crippen LogP contribution is 2.12. The first-order valence-electron chi connectivity index (χ1n) is 4.89. The maximum atomic E-state index is 6.92. The molecule has 0 aromatic heterocycles. The van der Waals surface area contributed by atoms with E-state index in [1.54, 1.807) is 18.2 Å². The summed E-state index contributed by atoms with van der Waals surface area (Å²) in [6, 6.07) is 5.07. The molecule has 0 fully saturated rings. The lowest BCUT2D eigenvalue weighted by molar-refractivity contribution is 1.50. The van der Waals surface area contributed by atoms with Crippen LogP contribution in [0.5, 0.6) is 0 Å². The van der Waals surface area contributed by atoms with Crippen LogP contribution in [0.4, 0.5) is 11.4 Å². The Morgan fingerprint density at radius 2 is 1.57 bits per heavy atom. The van der Waals surface area contributed by atoms with E-state index >= 15 is 0 Å². The van der Waals surface area contributed by atoms with Crippen LogP contribution in [0.15, 0.2) is 18.2 Å². The fraction of sp³-hybridized carbons (Fsp3) is 0.364. The van der Waals surface area contributed by atoms with Crippen LogP contribution in [0.2, 0.25) is 0 Å². The van der Waals surface area contributed by atoms with Gasteiger partial charge in [-0.1, -0.05) is 27.7 Å². The van der Waals surface area contributed by atoms with Crippen LogP contribution < -0.4 is 11.5 Å². The normalized spacial score (nSPS) is 7.43. The highest BCUT2D eigenvalue weighted by Gasteiger charge is 1.93. The van der Waals surface area contributed by atoms with Gasteiger partial charge in [0, 0.05) is 23.2 Å². The number of nitrogen functional groups attached to an aromatic ring is 2. The number of nitrogens with one attached hydrogen (secondary N) is 1. The zero-order chi connectivity index (χ0) is 11.6. The lowest BCUT2D eigenvalue weighted by Crippen LogP contribution is -1.94. The van der Waals surface area contributed by atoms with Crippen LogP contribution in [0, 0.1) is 5.41 Å². The Balaban J connectivity index is 0. The molecule has 80 valence electrons. The molecule has 0 amide bonds. The van der Waals surface area contributed by atoms with E-state index in [-0.39, 0.29) is 0 Å². The summed E-state index contributed by atoms with van der Waals surface area (Å²) in [4.78, 5) is 0. The summed E-state index contributed by atoms with van der Waals surface area (Å²) in [5.41, 5.74) is 12.8. The van der Waals surface area contributed by atoms with E-state index in [1.165, 1.54) is 6.21 Å². The molecule has 5 N–H and O–H groups in total. The first-order valence-corrected chi connectivity index (χ1v) is 4.89. The minimum absolute atomic E-state index is 0.587. The summed E-state index contributed by atoms with van der Waals surface area (Å²) < 4.78 is 0. The minimum Gasteiger partial charge on any atom is -0.399 e. The van der Waals surface area contributed by atoms with Gasteiger partial charge in [0.15, 0.2) is 0 Å². The summed E-state index contributed by atoms with van der Waals surface area (Å²) in [6.07, 6.45) is 1.19. The Hall–Kier alpha value is -1.51. The Kier molecular flexibility index (Phi) is 10.3. The highest BCUT2D eigenvalue weighted by molar-refractivity contribution is 5.86. The molecular weight excluding hydrogens is 174 g/mol. The second kappa shape index (κ2) is 9.58. The summed E-state index contributed by atoms with van der Waals surface area (Å²) in [6.45, 7) is 8.00. The quantitative estimate of drug-likeness (QED) is 0.476. The third kappa shape index (κ3) is 5.19. The molecule has 0 heterocycles. The molecule has 1 aromatic carbocycles. The molecule has 3 nitrogen and oxygen atoms in total. The first kappa shape index (κ1) is 15.0. The number of benzene rings is 1. The molecule has 0 saturated heterocycles. The summed E-state index contributed by atoms with van der Waals surface area (Å²) in [5, 5.41) is 6.92. The Labute approximate surface area is 86.6 Å². The van der Waals surface area contributed by atoms with Crippen LogP contribution in [0.25, 0.3) is 0 Å². The second-order valence-corrected chi connectivity index (χ2v) is 2.03. The fourth-order valence-corrected chi connectivity index (χ4v) is 0.718. The van der Waals surface area contributed by atoms with Crippen LogP contribution in [-0.2, 0) is 0 Å². The zero-order valence-electron chi connectivity index (χ0n) is 9.46. The van der Waals surface area contributed by atoms with E-state index in [1.807, 2.05) is 27.7 Å². The van der Waals surface area contributed by atoms with Gasteiger partial charge in [-0.15, -0.1) is 0 Å². The molecule has 1 aromatic rings. The molecule has 0 atom stereocenters. The van der Waals surface area contributed by atoms with Gasteiger partial charge in [0.1, 0.15) is 0 Å². The van der Waals surface area contributed by atoms with Gasteiger partial charge in [-0.2, -0.15) is 0 Å². The van der Waals surface area contributed by atoms with Crippen molar-refractivity contribution in [2.75, 3.05) is 11.5 Å².